The van der Waals surface area contributed by atoms with Gasteiger partial charge in [0.15, 0.2) is 18.1 Å². The summed E-state index contributed by atoms with van der Waals surface area (Å²) in [4.78, 5) is 29.5. The standard InChI is InChI=1S/C29H23FN2O7S2/c1-37-24-16-18(41(35,36)31-21-10-4-3-9-20(21)30)15-19(28(24)38-2)29(34)39-17-27(33)32-22-11-5-7-13-25(22)40-26-14-8-6-12-23(26)32/h3-16,31H,17H2,1-2H3. The number of halogens is 1. The van der Waals surface area contributed by atoms with E-state index in [1.165, 1.54) is 49.1 Å². The van der Waals surface area contributed by atoms with Crippen molar-refractivity contribution < 1.29 is 36.6 Å². The summed E-state index contributed by atoms with van der Waals surface area (Å²) in [5.41, 5.74) is 0.702. The number of rotatable bonds is 8. The highest BCUT2D eigenvalue weighted by atomic mass is 32.2. The average Bonchev–Trinajstić information content (AvgIpc) is 2.98. The maximum atomic E-state index is 14.1. The number of nitrogens with one attached hydrogen (secondary N) is 1. The Morgan fingerprint density at radius 2 is 1.49 bits per heavy atom. The molecular weight excluding hydrogens is 571 g/mol. The van der Waals surface area contributed by atoms with E-state index in [0.717, 1.165) is 28.0 Å². The first-order valence-corrected chi connectivity index (χ1v) is 14.4. The smallest absolute Gasteiger partial charge is 0.342 e. The molecule has 0 saturated heterocycles. The Hall–Kier alpha value is -4.55. The Balaban J connectivity index is 1.43. The van der Waals surface area contributed by atoms with Crippen molar-refractivity contribution in [1.29, 1.82) is 0 Å². The van der Waals surface area contributed by atoms with Gasteiger partial charge in [0.2, 0.25) is 0 Å². The van der Waals surface area contributed by atoms with E-state index in [4.69, 9.17) is 14.2 Å². The van der Waals surface area contributed by atoms with Crippen LogP contribution in [0.4, 0.5) is 21.5 Å². The molecule has 4 aromatic carbocycles. The van der Waals surface area contributed by atoms with Crippen LogP contribution < -0.4 is 19.1 Å². The number of anilines is 3. The molecule has 210 valence electrons. The van der Waals surface area contributed by atoms with Crippen LogP contribution in [0.3, 0.4) is 0 Å². The van der Waals surface area contributed by atoms with Crippen LogP contribution in [0.15, 0.2) is 99.6 Å². The SMILES string of the molecule is COc1cc(S(=O)(=O)Nc2ccccc2F)cc(C(=O)OCC(=O)N2c3ccccc3Sc3ccccc32)c1OC. The fourth-order valence-electron chi connectivity index (χ4n) is 4.24. The first kappa shape index (κ1) is 28.0. The molecule has 0 aromatic heterocycles. The van der Waals surface area contributed by atoms with E-state index in [9.17, 15) is 22.4 Å². The molecule has 1 amide bonds. The van der Waals surface area contributed by atoms with Gasteiger partial charge in [-0.3, -0.25) is 14.4 Å². The highest BCUT2D eigenvalue weighted by Gasteiger charge is 2.30. The zero-order valence-electron chi connectivity index (χ0n) is 21.8. The van der Waals surface area contributed by atoms with Crippen molar-refractivity contribution >= 4 is 50.7 Å². The van der Waals surface area contributed by atoms with E-state index in [1.54, 1.807) is 24.3 Å². The van der Waals surface area contributed by atoms with Gasteiger partial charge < -0.3 is 14.2 Å². The third-order valence-electron chi connectivity index (χ3n) is 6.11. The molecule has 0 radical (unpaired) electrons. The van der Waals surface area contributed by atoms with Crippen molar-refractivity contribution in [2.75, 3.05) is 30.4 Å². The number of amides is 1. The van der Waals surface area contributed by atoms with E-state index in [2.05, 4.69) is 4.72 Å². The Kier molecular flexibility index (Phi) is 7.86. The molecule has 0 atom stereocenters. The second-order valence-corrected chi connectivity index (χ2v) is 11.4. The van der Waals surface area contributed by atoms with Crippen LogP contribution in [0.2, 0.25) is 0 Å². The van der Waals surface area contributed by atoms with Crippen molar-refractivity contribution in [3.8, 4) is 11.5 Å². The van der Waals surface area contributed by atoms with Gasteiger partial charge in [0.1, 0.15) is 11.4 Å². The number of para-hydroxylation sites is 3. The lowest BCUT2D eigenvalue weighted by Crippen LogP contribution is -2.32. The maximum Gasteiger partial charge on any atom is 0.342 e. The van der Waals surface area contributed by atoms with E-state index < -0.39 is 39.2 Å². The third-order valence-corrected chi connectivity index (χ3v) is 8.58. The molecule has 0 bridgehead atoms. The highest BCUT2D eigenvalue weighted by Crippen LogP contribution is 2.48. The van der Waals surface area contributed by atoms with Crippen LogP contribution >= 0.6 is 11.8 Å². The summed E-state index contributed by atoms with van der Waals surface area (Å²) in [7, 11) is -1.84. The summed E-state index contributed by atoms with van der Waals surface area (Å²) < 4.78 is 58.5. The average molecular weight is 595 g/mol. The van der Waals surface area contributed by atoms with Crippen LogP contribution in [0, 0.1) is 5.82 Å². The summed E-state index contributed by atoms with van der Waals surface area (Å²) in [6, 6.07) is 22.1. The molecule has 12 heteroatoms. The van der Waals surface area contributed by atoms with Crippen molar-refractivity contribution in [2.45, 2.75) is 14.7 Å². The molecule has 1 aliphatic heterocycles. The predicted octanol–water partition coefficient (Wildman–Crippen LogP) is 5.63. The van der Waals surface area contributed by atoms with Crippen LogP contribution in [-0.2, 0) is 19.6 Å². The van der Waals surface area contributed by atoms with E-state index in [1.807, 2.05) is 24.3 Å². The number of nitrogens with zero attached hydrogens (tertiary/aromatic N) is 1. The van der Waals surface area contributed by atoms with Crippen molar-refractivity contribution in [2.24, 2.45) is 0 Å². The molecule has 1 N–H and O–H groups in total. The minimum absolute atomic E-state index is 0.0851. The van der Waals surface area contributed by atoms with Crippen LogP contribution in [0.5, 0.6) is 11.5 Å². The maximum absolute atomic E-state index is 14.1. The van der Waals surface area contributed by atoms with Crippen LogP contribution in [0.25, 0.3) is 0 Å². The number of hydrogen-bond acceptors (Lipinski definition) is 8. The van der Waals surface area contributed by atoms with Crippen molar-refractivity contribution in [3.63, 3.8) is 0 Å². The molecule has 1 aliphatic rings. The predicted molar refractivity (Wildman–Crippen MR) is 151 cm³/mol. The number of fused-ring (bicyclic) bond motifs is 2. The van der Waals surface area contributed by atoms with Gasteiger partial charge in [-0.1, -0.05) is 48.2 Å². The number of carbonyl (C=O) groups is 2. The summed E-state index contributed by atoms with van der Waals surface area (Å²) in [5, 5.41) is 0. The van der Waals surface area contributed by atoms with E-state index >= 15 is 0 Å². The van der Waals surface area contributed by atoms with Gasteiger partial charge in [-0.15, -0.1) is 0 Å². The topological polar surface area (TPSA) is 111 Å². The highest BCUT2D eigenvalue weighted by molar-refractivity contribution is 7.99. The van der Waals surface area contributed by atoms with Gasteiger partial charge in [0, 0.05) is 15.9 Å². The van der Waals surface area contributed by atoms with Gasteiger partial charge in [-0.2, -0.15) is 0 Å². The zero-order chi connectivity index (χ0) is 29.1. The van der Waals surface area contributed by atoms with E-state index in [0.29, 0.717) is 11.4 Å². The van der Waals surface area contributed by atoms with Gasteiger partial charge >= 0.3 is 5.97 Å². The Morgan fingerprint density at radius 3 is 2.10 bits per heavy atom. The number of esters is 1. The molecule has 41 heavy (non-hydrogen) atoms. The molecular formula is C29H23FN2O7S2. The summed E-state index contributed by atoms with van der Waals surface area (Å²) >= 11 is 1.52. The number of sulfonamides is 1. The first-order chi connectivity index (χ1) is 19.7. The van der Waals surface area contributed by atoms with Gasteiger partial charge in [0.25, 0.3) is 15.9 Å². The number of benzene rings is 4. The second-order valence-electron chi connectivity index (χ2n) is 8.63. The fraction of sp³-hybridized carbons (Fsp3) is 0.103. The molecule has 5 rings (SSSR count). The first-order valence-electron chi connectivity index (χ1n) is 12.1. The number of hydrogen-bond donors (Lipinski definition) is 1. The molecule has 4 aromatic rings. The molecule has 0 saturated carbocycles. The minimum atomic E-state index is -4.38. The van der Waals surface area contributed by atoms with Crippen LogP contribution in [0.1, 0.15) is 10.4 Å². The van der Waals surface area contributed by atoms with Gasteiger partial charge in [-0.05, 0) is 42.5 Å². The lowest BCUT2D eigenvalue weighted by atomic mass is 10.2. The van der Waals surface area contributed by atoms with Gasteiger partial charge in [-0.25, -0.2) is 17.6 Å². The monoisotopic (exact) mass is 594 g/mol. The van der Waals surface area contributed by atoms with Crippen LogP contribution in [-0.4, -0.2) is 41.1 Å². The molecule has 0 unspecified atom stereocenters. The molecule has 0 fully saturated rings. The molecule has 0 aliphatic carbocycles. The largest absolute Gasteiger partial charge is 0.493 e. The third kappa shape index (κ3) is 5.56. The lowest BCUT2D eigenvalue weighted by Gasteiger charge is -2.30. The number of ether oxygens (including phenoxy) is 3. The van der Waals surface area contributed by atoms with Crippen molar-refractivity contribution in [1.82, 2.24) is 0 Å². The van der Waals surface area contributed by atoms with Gasteiger partial charge in [0.05, 0.1) is 36.2 Å². The summed E-state index contributed by atoms with van der Waals surface area (Å²) in [6.07, 6.45) is 0. The summed E-state index contributed by atoms with van der Waals surface area (Å²) in [5.74, 6) is -2.51. The zero-order valence-corrected chi connectivity index (χ0v) is 23.4. The van der Waals surface area contributed by atoms with E-state index in [-0.39, 0.29) is 22.7 Å². The molecule has 1 heterocycles. The normalized spacial score (nSPS) is 12.1. The molecule has 9 nitrogen and oxygen atoms in total. The Morgan fingerprint density at radius 1 is 0.878 bits per heavy atom. The number of methoxy groups -OCH3 is 2. The lowest BCUT2D eigenvalue weighted by molar-refractivity contribution is -0.121. The Bertz CT molecular complexity index is 1720. The van der Waals surface area contributed by atoms with Crippen molar-refractivity contribution in [3.05, 3.63) is 96.3 Å². The fourth-order valence-corrected chi connectivity index (χ4v) is 6.40. The Labute approximate surface area is 239 Å². The number of carbonyl (C=O) groups excluding carboxylic acids is 2. The minimum Gasteiger partial charge on any atom is -0.493 e. The second kappa shape index (κ2) is 11.5. The summed E-state index contributed by atoms with van der Waals surface area (Å²) in [6.45, 7) is -0.651. The molecule has 0 spiro atoms. The quantitative estimate of drug-likeness (QED) is 0.261.